The fourth-order valence-corrected chi connectivity index (χ4v) is 4.17. The lowest BCUT2D eigenvalue weighted by Gasteiger charge is -2.26. The number of carbonyl (C=O) groups is 2. The van der Waals surface area contributed by atoms with E-state index in [0.29, 0.717) is 46.5 Å². The van der Waals surface area contributed by atoms with E-state index in [4.69, 9.17) is 21.1 Å². The van der Waals surface area contributed by atoms with E-state index < -0.39 is 17.7 Å². The zero-order chi connectivity index (χ0) is 24.9. The summed E-state index contributed by atoms with van der Waals surface area (Å²) < 4.78 is 11.3. The van der Waals surface area contributed by atoms with Gasteiger partial charge in [-0.15, -0.1) is 0 Å². The smallest absolute Gasteiger partial charge is 0.300 e. The molecule has 180 valence electrons. The largest absolute Gasteiger partial charge is 0.507 e. The monoisotopic (exact) mass is 491 g/mol. The number of carbonyl (C=O) groups excluding carboxylic acids is 2. The molecule has 1 amide bonds. The Morgan fingerprint density at radius 2 is 1.66 bits per heavy atom. The van der Waals surface area contributed by atoms with Crippen LogP contribution in [-0.2, 0) is 9.59 Å². The summed E-state index contributed by atoms with van der Waals surface area (Å²) in [6.07, 6.45) is 0.872. The van der Waals surface area contributed by atoms with Gasteiger partial charge in [0.25, 0.3) is 11.7 Å². The maximum absolute atomic E-state index is 13.3. The second-order valence-corrected chi connectivity index (χ2v) is 8.46. The molecule has 1 aliphatic heterocycles. The molecule has 1 unspecified atom stereocenters. The number of anilines is 1. The van der Waals surface area contributed by atoms with E-state index in [9.17, 15) is 14.7 Å². The molecule has 3 aromatic rings. The van der Waals surface area contributed by atoms with Crippen molar-refractivity contribution >= 4 is 34.7 Å². The van der Waals surface area contributed by atoms with Crippen LogP contribution in [0, 0.1) is 0 Å². The first-order chi connectivity index (χ1) is 16.9. The molecule has 7 heteroatoms. The minimum Gasteiger partial charge on any atom is -0.507 e. The first kappa shape index (κ1) is 24.4. The van der Waals surface area contributed by atoms with Gasteiger partial charge in [0, 0.05) is 16.3 Å². The number of Topliss-reactive ketones (excluding diaryl/α,β-unsaturated/α-hetero) is 1. The quantitative estimate of drug-likeness (QED) is 0.232. The number of ketones is 1. The Balaban J connectivity index is 1.85. The number of benzene rings is 3. The van der Waals surface area contributed by atoms with Gasteiger partial charge in [0.2, 0.25) is 0 Å². The van der Waals surface area contributed by atoms with Crippen molar-refractivity contribution in [3.63, 3.8) is 0 Å². The zero-order valence-electron chi connectivity index (χ0n) is 19.5. The van der Waals surface area contributed by atoms with Gasteiger partial charge in [-0.3, -0.25) is 14.5 Å². The molecular formula is C28H26ClNO5. The Kier molecular flexibility index (Phi) is 7.42. The first-order valence-corrected chi connectivity index (χ1v) is 11.8. The molecule has 3 aromatic carbocycles. The molecule has 4 rings (SSSR count). The maximum Gasteiger partial charge on any atom is 0.300 e. The summed E-state index contributed by atoms with van der Waals surface area (Å²) in [5.74, 6) is -0.497. The highest BCUT2D eigenvalue weighted by atomic mass is 35.5. The zero-order valence-corrected chi connectivity index (χ0v) is 20.3. The highest BCUT2D eigenvalue weighted by Crippen LogP contribution is 2.43. The van der Waals surface area contributed by atoms with E-state index in [0.717, 1.165) is 6.42 Å². The molecule has 0 spiro atoms. The minimum atomic E-state index is -0.854. The van der Waals surface area contributed by atoms with Crippen LogP contribution in [0.5, 0.6) is 11.5 Å². The van der Waals surface area contributed by atoms with Crippen LogP contribution in [0.2, 0.25) is 5.02 Å². The van der Waals surface area contributed by atoms with Crippen LogP contribution in [0.1, 0.15) is 37.4 Å². The lowest BCUT2D eigenvalue weighted by molar-refractivity contribution is -0.132. The van der Waals surface area contributed by atoms with Gasteiger partial charge in [-0.25, -0.2) is 0 Å². The normalized spacial score (nSPS) is 17.0. The van der Waals surface area contributed by atoms with Crippen molar-refractivity contribution in [1.82, 2.24) is 0 Å². The third-order valence-corrected chi connectivity index (χ3v) is 5.89. The van der Waals surface area contributed by atoms with E-state index in [2.05, 4.69) is 0 Å². The predicted molar refractivity (Wildman–Crippen MR) is 136 cm³/mol. The van der Waals surface area contributed by atoms with Crippen molar-refractivity contribution in [2.45, 2.75) is 26.3 Å². The second-order valence-electron chi connectivity index (χ2n) is 8.02. The molecule has 1 fully saturated rings. The number of aliphatic hydroxyl groups is 1. The Bertz CT molecular complexity index is 1250. The molecule has 1 saturated heterocycles. The lowest BCUT2D eigenvalue weighted by atomic mass is 9.95. The summed E-state index contributed by atoms with van der Waals surface area (Å²) in [6.45, 7) is 4.93. The lowest BCUT2D eigenvalue weighted by Crippen LogP contribution is -2.29. The van der Waals surface area contributed by atoms with Gasteiger partial charge in [-0.2, -0.15) is 0 Å². The standard InChI is InChI=1S/C28H26ClNO5/c1-3-16-35-22-14-8-18(9-15-22)26(31)24-25(19-6-5-7-23(17-19)34-4-2)30(28(33)27(24)32)21-12-10-20(29)11-13-21/h5-15,17,25,31H,3-4,16H2,1-2H3/b26-24-. The number of nitrogens with zero attached hydrogens (tertiary/aromatic N) is 1. The van der Waals surface area contributed by atoms with E-state index in [1.807, 2.05) is 13.8 Å². The number of aliphatic hydroxyl groups excluding tert-OH is 1. The SMILES string of the molecule is CCCOc1ccc(/C(O)=C2/C(=O)C(=O)N(c3ccc(Cl)cc3)C2c2cccc(OCC)c2)cc1. The second kappa shape index (κ2) is 10.7. The third-order valence-electron chi connectivity index (χ3n) is 5.63. The molecule has 0 radical (unpaired) electrons. The summed E-state index contributed by atoms with van der Waals surface area (Å²) in [7, 11) is 0. The van der Waals surface area contributed by atoms with Gasteiger partial charge in [-0.05, 0) is 79.6 Å². The van der Waals surface area contributed by atoms with Crippen LogP contribution in [0.25, 0.3) is 5.76 Å². The number of halogens is 1. The molecular weight excluding hydrogens is 466 g/mol. The highest BCUT2D eigenvalue weighted by Gasteiger charge is 2.47. The van der Waals surface area contributed by atoms with Gasteiger partial charge < -0.3 is 14.6 Å². The summed E-state index contributed by atoms with van der Waals surface area (Å²) in [4.78, 5) is 27.9. The number of ether oxygens (including phenoxy) is 2. The number of hydrogen-bond donors (Lipinski definition) is 1. The summed E-state index contributed by atoms with van der Waals surface area (Å²) in [6, 6.07) is 19.8. The van der Waals surface area contributed by atoms with E-state index in [1.54, 1.807) is 72.8 Å². The van der Waals surface area contributed by atoms with Crippen molar-refractivity contribution < 1.29 is 24.2 Å². The molecule has 0 bridgehead atoms. The Hall–Kier alpha value is -3.77. The van der Waals surface area contributed by atoms with E-state index in [1.165, 1.54) is 4.90 Å². The van der Waals surface area contributed by atoms with E-state index >= 15 is 0 Å². The predicted octanol–water partition coefficient (Wildman–Crippen LogP) is 6.15. The topological polar surface area (TPSA) is 76.1 Å². The Morgan fingerprint density at radius 3 is 2.31 bits per heavy atom. The van der Waals surface area contributed by atoms with Crippen molar-refractivity contribution in [3.05, 3.63) is 94.5 Å². The molecule has 1 N–H and O–H groups in total. The van der Waals surface area contributed by atoms with Crippen molar-refractivity contribution in [2.75, 3.05) is 18.1 Å². The van der Waals surface area contributed by atoms with Crippen LogP contribution >= 0.6 is 11.6 Å². The average molecular weight is 492 g/mol. The fourth-order valence-electron chi connectivity index (χ4n) is 4.04. The Morgan fingerprint density at radius 1 is 0.943 bits per heavy atom. The Labute approximate surface area is 209 Å². The molecule has 6 nitrogen and oxygen atoms in total. The molecule has 0 saturated carbocycles. The van der Waals surface area contributed by atoms with Crippen LogP contribution in [-0.4, -0.2) is 30.0 Å². The molecule has 0 aromatic heterocycles. The molecule has 0 aliphatic carbocycles. The molecule has 35 heavy (non-hydrogen) atoms. The van der Waals surface area contributed by atoms with Crippen LogP contribution in [0.15, 0.2) is 78.4 Å². The van der Waals surface area contributed by atoms with Gasteiger partial charge in [0.15, 0.2) is 0 Å². The van der Waals surface area contributed by atoms with Gasteiger partial charge >= 0.3 is 0 Å². The highest BCUT2D eigenvalue weighted by molar-refractivity contribution is 6.51. The molecule has 1 aliphatic rings. The van der Waals surface area contributed by atoms with Crippen molar-refractivity contribution in [2.24, 2.45) is 0 Å². The van der Waals surface area contributed by atoms with Crippen LogP contribution < -0.4 is 14.4 Å². The van der Waals surface area contributed by atoms with Crippen LogP contribution in [0.4, 0.5) is 5.69 Å². The first-order valence-electron chi connectivity index (χ1n) is 11.5. The summed E-state index contributed by atoms with van der Waals surface area (Å²) in [5, 5.41) is 11.8. The van der Waals surface area contributed by atoms with Crippen molar-refractivity contribution in [3.8, 4) is 11.5 Å². The van der Waals surface area contributed by atoms with Gasteiger partial charge in [-0.1, -0.05) is 30.7 Å². The number of amides is 1. The third kappa shape index (κ3) is 5.03. The van der Waals surface area contributed by atoms with Crippen molar-refractivity contribution in [1.29, 1.82) is 0 Å². The number of rotatable bonds is 8. The number of hydrogen-bond acceptors (Lipinski definition) is 5. The maximum atomic E-state index is 13.3. The molecule has 1 heterocycles. The average Bonchev–Trinajstić information content (AvgIpc) is 3.14. The van der Waals surface area contributed by atoms with Crippen LogP contribution in [0.3, 0.4) is 0 Å². The van der Waals surface area contributed by atoms with Gasteiger partial charge in [0.1, 0.15) is 17.3 Å². The summed E-state index contributed by atoms with van der Waals surface area (Å²) in [5.41, 5.74) is 1.54. The van der Waals surface area contributed by atoms with E-state index in [-0.39, 0.29) is 11.3 Å². The van der Waals surface area contributed by atoms with Gasteiger partial charge in [0.05, 0.1) is 24.8 Å². The minimum absolute atomic E-state index is 0.000764. The summed E-state index contributed by atoms with van der Waals surface area (Å²) >= 11 is 6.05. The molecule has 1 atom stereocenters. The fraction of sp³-hybridized carbons (Fsp3) is 0.214.